The smallest absolute Gasteiger partial charge is 0.372 e. The molecule has 90 valence electrons. The number of H-pyrrole nitrogens is 1. The first kappa shape index (κ1) is 11.8. The Balaban J connectivity index is 3.01. The zero-order valence-corrected chi connectivity index (χ0v) is 9.50. The van der Waals surface area contributed by atoms with E-state index in [0.29, 0.717) is 0 Å². The van der Waals surface area contributed by atoms with Crippen molar-refractivity contribution in [3.8, 4) is 0 Å². The van der Waals surface area contributed by atoms with Gasteiger partial charge in [-0.1, -0.05) is 11.6 Å². The number of benzene rings is 1. The lowest BCUT2D eigenvalue weighted by Crippen LogP contribution is -2.15. The van der Waals surface area contributed by atoms with Crippen LogP contribution in [-0.4, -0.2) is 18.0 Å². The molecule has 0 saturated carbocycles. The van der Waals surface area contributed by atoms with E-state index in [0.717, 1.165) is 12.1 Å². The van der Waals surface area contributed by atoms with Crippen molar-refractivity contribution in [2.45, 2.75) is 4.90 Å². The van der Waals surface area contributed by atoms with Crippen LogP contribution in [0.25, 0.3) is 10.9 Å². The quantitative estimate of drug-likeness (QED) is 0.728. The highest BCUT2D eigenvalue weighted by molar-refractivity contribution is 7.86. The molecular formula is C8H4ClNO6S. The topological polar surface area (TPSA) is 117 Å². The van der Waals surface area contributed by atoms with E-state index in [1.54, 1.807) is 0 Å². The highest BCUT2D eigenvalue weighted by Gasteiger charge is 2.17. The highest BCUT2D eigenvalue weighted by Crippen LogP contribution is 2.24. The van der Waals surface area contributed by atoms with Crippen molar-refractivity contribution >= 4 is 32.6 Å². The van der Waals surface area contributed by atoms with E-state index >= 15 is 0 Å². The maximum absolute atomic E-state index is 11.3. The van der Waals surface area contributed by atoms with Crippen LogP contribution in [-0.2, 0) is 10.1 Å². The van der Waals surface area contributed by atoms with Crippen LogP contribution in [0.3, 0.4) is 0 Å². The fraction of sp³-hybridized carbons (Fsp3) is 0. The van der Waals surface area contributed by atoms with Crippen molar-refractivity contribution in [1.29, 1.82) is 0 Å². The Morgan fingerprint density at radius 2 is 1.94 bits per heavy atom. The summed E-state index contributed by atoms with van der Waals surface area (Å²) in [4.78, 5) is 23.6. The Labute approximate surface area is 98.4 Å². The van der Waals surface area contributed by atoms with Gasteiger partial charge in [0.15, 0.2) is 0 Å². The first-order chi connectivity index (χ1) is 7.79. The van der Waals surface area contributed by atoms with Crippen LogP contribution >= 0.6 is 11.6 Å². The maximum Gasteiger partial charge on any atom is 0.419 e. The summed E-state index contributed by atoms with van der Waals surface area (Å²) in [5.74, 6) is -1.04. The van der Waals surface area contributed by atoms with Crippen molar-refractivity contribution in [2.75, 3.05) is 0 Å². The minimum absolute atomic E-state index is 0.0942. The molecule has 0 spiro atoms. The Kier molecular flexibility index (Phi) is 2.57. The van der Waals surface area contributed by atoms with Crippen LogP contribution in [0.15, 0.2) is 31.0 Å². The van der Waals surface area contributed by atoms with Crippen molar-refractivity contribution in [1.82, 2.24) is 4.98 Å². The van der Waals surface area contributed by atoms with Crippen LogP contribution in [0.2, 0.25) is 5.02 Å². The van der Waals surface area contributed by atoms with Crippen molar-refractivity contribution in [2.24, 2.45) is 0 Å². The van der Waals surface area contributed by atoms with Gasteiger partial charge in [-0.15, -0.1) is 0 Å². The monoisotopic (exact) mass is 277 g/mol. The van der Waals surface area contributed by atoms with Gasteiger partial charge in [0.05, 0.1) is 15.9 Å². The number of aromatic amines is 1. The molecule has 9 heteroatoms. The van der Waals surface area contributed by atoms with Gasteiger partial charge in [-0.05, 0) is 12.1 Å². The molecule has 0 atom stereocenters. The summed E-state index contributed by atoms with van der Waals surface area (Å²) in [6.07, 6.45) is 0. The van der Waals surface area contributed by atoms with Gasteiger partial charge >= 0.3 is 11.4 Å². The van der Waals surface area contributed by atoms with Crippen LogP contribution in [0.1, 0.15) is 0 Å². The van der Waals surface area contributed by atoms with E-state index in [4.69, 9.17) is 16.2 Å². The molecule has 2 N–H and O–H groups in total. The van der Waals surface area contributed by atoms with Gasteiger partial charge in [0.25, 0.3) is 10.1 Å². The Morgan fingerprint density at radius 3 is 2.53 bits per heavy atom. The fourth-order valence-electron chi connectivity index (χ4n) is 1.30. The van der Waals surface area contributed by atoms with Crippen LogP contribution in [0.4, 0.5) is 0 Å². The molecule has 2 rings (SSSR count). The summed E-state index contributed by atoms with van der Waals surface area (Å²) < 4.78 is 35.0. The van der Waals surface area contributed by atoms with E-state index in [2.05, 4.69) is 9.40 Å². The summed E-state index contributed by atoms with van der Waals surface area (Å²) in [6.45, 7) is 0. The molecule has 0 aliphatic rings. The molecule has 17 heavy (non-hydrogen) atoms. The SMILES string of the molecule is O=c1[nH]c2cc(S(=O)(=O)O)c(Cl)cc2c(=O)o1. The molecule has 0 saturated heterocycles. The molecular weight excluding hydrogens is 274 g/mol. The molecule has 1 aromatic carbocycles. The molecule has 0 fully saturated rings. The summed E-state index contributed by atoms with van der Waals surface area (Å²) in [7, 11) is -4.54. The Bertz CT molecular complexity index is 818. The zero-order valence-electron chi connectivity index (χ0n) is 7.93. The van der Waals surface area contributed by atoms with Crippen molar-refractivity contribution < 1.29 is 17.4 Å². The van der Waals surface area contributed by atoms with E-state index in [9.17, 15) is 18.0 Å². The Morgan fingerprint density at radius 1 is 1.29 bits per heavy atom. The second-order valence-electron chi connectivity index (χ2n) is 3.11. The third kappa shape index (κ3) is 2.09. The predicted molar refractivity (Wildman–Crippen MR) is 57.9 cm³/mol. The molecule has 0 aliphatic heterocycles. The third-order valence-corrected chi connectivity index (χ3v) is 3.31. The number of halogens is 1. The lowest BCUT2D eigenvalue weighted by molar-refractivity contribution is 0.459. The predicted octanol–water partition coefficient (Wildman–Crippen LogP) is 0.381. The maximum atomic E-state index is 11.3. The van der Waals surface area contributed by atoms with Gasteiger partial charge in [-0.25, -0.2) is 9.59 Å². The lowest BCUT2D eigenvalue weighted by Gasteiger charge is -2.02. The van der Waals surface area contributed by atoms with E-state index < -0.39 is 26.4 Å². The number of nitrogens with one attached hydrogen (secondary N) is 1. The summed E-state index contributed by atoms with van der Waals surface area (Å²) in [5, 5.41) is -0.443. The van der Waals surface area contributed by atoms with Crippen LogP contribution < -0.4 is 11.4 Å². The third-order valence-electron chi connectivity index (χ3n) is 1.99. The summed E-state index contributed by atoms with van der Waals surface area (Å²) >= 11 is 5.59. The average Bonchev–Trinajstić information content (AvgIpc) is 2.16. The van der Waals surface area contributed by atoms with Gasteiger partial charge in [0.2, 0.25) is 0 Å². The van der Waals surface area contributed by atoms with Gasteiger partial charge in [-0.2, -0.15) is 8.42 Å². The number of fused-ring (bicyclic) bond motifs is 1. The number of rotatable bonds is 1. The standard InChI is InChI=1S/C8H4ClNO6S/c9-4-1-3-5(2-6(4)17(13,14)15)10-8(12)16-7(3)11/h1-2H,(H,10,12)(H,13,14,15). The molecule has 7 nitrogen and oxygen atoms in total. The number of hydrogen-bond acceptors (Lipinski definition) is 5. The molecule has 0 aliphatic carbocycles. The van der Waals surface area contributed by atoms with Crippen LogP contribution in [0.5, 0.6) is 0 Å². The number of hydrogen-bond donors (Lipinski definition) is 2. The molecule has 1 heterocycles. The van der Waals surface area contributed by atoms with Gasteiger partial charge in [0.1, 0.15) is 4.90 Å². The largest absolute Gasteiger partial charge is 0.419 e. The minimum Gasteiger partial charge on any atom is -0.372 e. The normalized spacial score (nSPS) is 11.9. The highest BCUT2D eigenvalue weighted by atomic mass is 35.5. The first-order valence-electron chi connectivity index (χ1n) is 4.13. The molecule has 0 radical (unpaired) electrons. The fourth-order valence-corrected chi connectivity index (χ4v) is 2.33. The van der Waals surface area contributed by atoms with Crippen molar-refractivity contribution in [3.05, 3.63) is 38.1 Å². The first-order valence-corrected chi connectivity index (χ1v) is 5.95. The van der Waals surface area contributed by atoms with Gasteiger partial charge in [-0.3, -0.25) is 9.54 Å². The van der Waals surface area contributed by atoms with Gasteiger partial charge in [0, 0.05) is 0 Å². The summed E-state index contributed by atoms with van der Waals surface area (Å²) in [5.41, 5.74) is -1.05. The van der Waals surface area contributed by atoms with Crippen molar-refractivity contribution in [3.63, 3.8) is 0 Å². The van der Waals surface area contributed by atoms with E-state index in [-0.39, 0.29) is 15.9 Å². The molecule has 0 amide bonds. The molecule has 1 aromatic heterocycles. The lowest BCUT2D eigenvalue weighted by atomic mass is 10.2. The molecule has 0 bridgehead atoms. The molecule has 2 aromatic rings. The second kappa shape index (κ2) is 3.69. The van der Waals surface area contributed by atoms with E-state index in [1.807, 2.05) is 0 Å². The van der Waals surface area contributed by atoms with Crippen LogP contribution in [0, 0.1) is 0 Å². The summed E-state index contributed by atoms with van der Waals surface area (Å²) in [6, 6.07) is 1.87. The minimum atomic E-state index is -4.54. The Hall–Kier alpha value is -1.64. The molecule has 0 unspecified atom stereocenters. The number of aromatic nitrogens is 1. The zero-order chi connectivity index (χ0) is 12.8. The van der Waals surface area contributed by atoms with E-state index in [1.165, 1.54) is 0 Å². The average molecular weight is 278 g/mol. The van der Waals surface area contributed by atoms with Gasteiger partial charge < -0.3 is 4.42 Å². The second-order valence-corrected chi connectivity index (χ2v) is 4.90.